The normalized spacial score (nSPS) is 18.0. The standard InChI is InChI=1S/C13H15ClN4OS2/c14-11-5-1-3-9(16-11)8-20-13-18-17-12(21-13)15-7-10-4-2-6-19-10/h1,3,5,10H,2,4,6-8H2,(H,15,17). The number of anilines is 1. The molecule has 3 rings (SSSR count). The van der Waals surface area contributed by atoms with Crippen LogP contribution >= 0.6 is 34.7 Å². The van der Waals surface area contributed by atoms with Crippen LogP contribution in [0.4, 0.5) is 5.13 Å². The number of hydrogen-bond donors (Lipinski definition) is 1. The Bertz CT molecular complexity index is 589. The third kappa shape index (κ3) is 4.54. The molecule has 5 nitrogen and oxygen atoms in total. The van der Waals surface area contributed by atoms with Gasteiger partial charge in [-0.1, -0.05) is 40.8 Å². The van der Waals surface area contributed by atoms with Gasteiger partial charge in [0.2, 0.25) is 5.13 Å². The van der Waals surface area contributed by atoms with Gasteiger partial charge in [-0.05, 0) is 25.0 Å². The van der Waals surface area contributed by atoms with E-state index in [2.05, 4.69) is 20.5 Å². The molecular formula is C13H15ClN4OS2. The molecule has 2 aromatic heterocycles. The molecule has 1 aliphatic rings. The van der Waals surface area contributed by atoms with Gasteiger partial charge in [0.15, 0.2) is 4.34 Å². The Kier molecular flexibility index (Phi) is 5.29. The summed E-state index contributed by atoms with van der Waals surface area (Å²) in [6.07, 6.45) is 2.57. The molecule has 1 N–H and O–H groups in total. The van der Waals surface area contributed by atoms with Crippen LogP contribution in [0.5, 0.6) is 0 Å². The first-order chi connectivity index (χ1) is 10.3. The van der Waals surface area contributed by atoms with E-state index in [4.69, 9.17) is 16.3 Å². The van der Waals surface area contributed by atoms with Gasteiger partial charge < -0.3 is 10.1 Å². The average molecular weight is 343 g/mol. The molecular weight excluding hydrogens is 328 g/mol. The Labute approximate surface area is 136 Å². The average Bonchev–Trinajstić information content (AvgIpc) is 3.15. The highest BCUT2D eigenvalue weighted by Crippen LogP contribution is 2.28. The maximum absolute atomic E-state index is 5.87. The molecule has 1 fully saturated rings. The lowest BCUT2D eigenvalue weighted by atomic mass is 10.2. The minimum Gasteiger partial charge on any atom is -0.376 e. The molecule has 2 aromatic rings. The largest absolute Gasteiger partial charge is 0.376 e. The van der Waals surface area contributed by atoms with Crippen LogP contribution in [-0.2, 0) is 10.5 Å². The van der Waals surface area contributed by atoms with E-state index in [1.807, 2.05) is 12.1 Å². The molecule has 1 atom stereocenters. The first-order valence-electron chi connectivity index (χ1n) is 6.73. The van der Waals surface area contributed by atoms with Crippen LogP contribution in [0.1, 0.15) is 18.5 Å². The van der Waals surface area contributed by atoms with Gasteiger partial charge in [-0.3, -0.25) is 0 Å². The second-order valence-electron chi connectivity index (χ2n) is 4.63. The van der Waals surface area contributed by atoms with E-state index in [1.165, 1.54) is 0 Å². The van der Waals surface area contributed by atoms with E-state index in [0.717, 1.165) is 46.9 Å². The summed E-state index contributed by atoms with van der Waals surface area (Å²) in [7, 11) is 0. The molecule has 1 saturated heterocycles. The van der Waals surface area contributed by atoms with Crippen LogP contribution < -0.4 is 5.32 Å². The molecule has 1 unspecified atom stereocenters. The lowest BCUT2D eigenvalue weighted by molar-refractivity contribution is 0.120. The molecule has 1 aliphatic heterocycles. The van der Waals surface area contributed by atoms with Crippen molar-refractivity contribution < 1.29 is 4.74 Å². The van der Waals surface area contributed by atoms with E-state index in [9.17, 15) is 0 Å². The van der Waals surface area contributed by atoms with Crippen molar-refractivity contribution in [1.82, 2.24) is 15.2 Å². The predicted octanol–water partition coefficient (Wildman–Crippen LogP) is 3.47. The second kappa shape index (κ2) is 7.40. The summed E-state index contributed by atoms with van der Waals surface area (Å²) in [6, 6.07) is 5.63. The lowest BCUT2D eigenvalue weighted by Crippen LogP contribution is -2.18. The monoisotopic (exact) mass is 342 g/mol. The van der Waals surface area contributed by atoms with E-state index in [0.29, 0.717) is 11.3 Å². The third-order valence-electron chi connectivity index (χ3n) is 3.03. The van der Waals surface area contributed by atoms with Crippen molar-refractivity contribution in [2.75, 3.05) is 18.5 Å². The van der Waals surface area contributed by atoms with Crippen LogP contribution in [0.2, 0.25) is 5.15 Å². The number of aromatic nitrogens is 3. The van der Waals surface area contributed by atoms with Crippen molar-refractivity contribution in [3.63, 3.8) is 0 Å². The lowest BCUT2D eigenvalue weighted by Gasteiger charge is -2.08. The van der Waals surface area contributed by atoms with Gasteiger partial charge >= 0.3 is 0 Å². The van der Waals surface area contributed by atoms with Gasteiger partial charge in [0.25, 0.3) is 0 Å². The Hall–Kier alpha value is -0.890. The van der Waals surface area contributed by atoms with Crippen LogP contribution in [-0.4, -0.2) is 34.4 Å². The van der Waals surface area contributed by atoms with Crippen molar-refractivity contribution in [2.45, 2.75) is 29.0 Å². The maximum Gasteiger partial charge on any atom is 0.206 e. The topological polar surface area (TPSA) is 59.9 Å². The van der Waals surface area contributed by atoms with Crippen LogP contribution in [0.15, 0.2) is 22.5 Å². The number of halogens is 1. The van der Waals surface area contributed by atoms with Crippen molar-refractivity contribution >= 4 is 39.8 Å². The van der Waals surface area contributed by atoms with E-state index in [-0.39, 0.29) is 0 Å². The van der Waals surface area contributed by atoms with E-state index >= 15 is 0 Å². The Balaban J connectivity index is 1.48. The van der Waals surface area contributed by atoms with Crippen LogP contribution in [0.3, 0.4) is 0 Å². The van der Waals surface area contributed by atoms with Crippen molar-refractivity contribution in [3.05, 3.63) is 29.0 Å². The van der Waals surface area contributed by atoms with Gasteiger partial charge in [-0.15, -0.1) is 10.2 Å². The summed E-state index contributed by atoms with van der Waals surface area (Å²) < 4.78 is 6.49. The maximum atomic E-state index is 5.87. The molecule has 0 aliphatic carbocycles. The first-order valence-corrected chi connectivity index (χ1v) is 8.91. The molecule has 21 heavy (non-hydrogen) atoms. The zero-order valence-corrected chi connectivity index (χ0v) is 13.7. The van der Waals surface area contributed by atoms with Crippen molar-refractivity contribution in [3.8, 4) is 0 Å². The third-order valence-corrected chi connectivity index (χ3v) is 5.29. The number of pyridine rings is 1. The van der Waals surface area contributed by atoms with Crippen molar-refractivity contribution in [2.24, 2.45) is 0 Å². The summed E-state index contributed by atoms with van der Waals surface area (Å²) in [5.74, 6) is 0.737. The van der Waals surface area contributed by atoms with Crippen LogP contribution in [0, 0.1) is 0 Å². The number of nitrogens with one attached hydrogen (secondary N) is 1. The fourth-order valence-corrected chi connectivity index (χ4v) is 3.86. The Morgan fingerprint density at radius 1 is 1.43 bits per heavy atom. The highest BCUT2D eigenvalue weighted by Gasteiger charge is 2.15. The zero-order valence-electron chi connectivity index (χ0n) is 11.3. The highest BCUT2D eigenvalue weighted by atomic mass is 35.5. The van der Waals surface area contributed by atoms with E-state index < -0.39 is 0 Å². The fourth-order valence-electron chi connectivity index (χ4n) is 2.01. The van der Waals surface area contributed by atoms with Gasteiger partial charge in [0, 0.05) is 18.9 Å². The number of thioether (sulfide) groups is 1. The first kappa shape index (κ1) is 15.0. The summed E-state index contributed by atoms with van der Waals surface area (Å²) >= 11 is 9.03. The Morgan fingerprint density at radius 3 is 3.19 bits per heavy atom. The summed E-state index contributed by atoms with van der Waals surface area (Å²) in [5.41, 5.74) is 0.941. The fraction of sp³-hybridized carbons (Fsp3) is 0.462. The summed E-state index contributed by atoms with van der Waals surface area (Å²) in [5, 5.41) is 12.9. The van der Waals surface area contributed by atoms with Gasteiger partial charge in [0.1, 0.15) is 5.15 Å². The minimum absolute atomic E-state index is 0.306. The molecule has 0 spiro atoms. The molecule has 0 saturated carbocycles. The molecule has 0 amide bonds. The number of rotatable bonds is 6. The van der Waals surface area contributed by atoms with Gasteiger partial charge in [0.05, 0.1) is 11.8 Å². The molecule has 0 aromatic carbocycles. The highest BCUT2D eigenvalue weighted by molar-refractivity contribution is 8.00. The Morgan fingerprint density at radius 2 is 2.38 bits per heavy atom. The summed E-state index contributed by atoms with van der Waals surface area (Å²) in [6.45, 7) is 1.67. The zero-order chi connectivity index (χ0) is 14.5. The molecule has 112 valence electrons. The molecule has 3 heterocycles. The minimum atomic E-state index is 0.306. The molecule has 0 bridgehead atoms. The van der Waals surface area contributed by atoms with E-state index in [1.54, 1.807) is 29.2 Å². The van der Waals surface area contributed by atoms with Gasteiger partial charge in [-0.2, -0.15) is 0 Å². The SMILES string of the molecule is Clc1cccc(CSc2nnc(NCC3CCCO3)s2)n1. The van der Waals surface area contributed by atoms with Crippen molar-refractivity contribution in [1.29, 1.82) is 0 Å². The second-order valence-corrected chi connectivity index (χ2v) is 7.22. The smallest absolute Gasteiger partial charge is 0.206 e. The summed E-state index contributed by atoms with van der Waals surface area (Å²) in [4.78, 5) is 4.25. The van der Waals surface area contributed by atoms with Gasteiger partial charge in [-0.25, -0.2) is 4.98 Å². The quantitative estimate of drug-likeness (QED) is 0.640. The molecule has 0 radical (unpaired) electrons. The molecule has 8 heteroatoms. The van der Waals surface area contributed by atoms with Crippen LogP contribution in [0.25, 0.3) is 0 Å². The number of nitrogens with zero attached hydrogens (tertiary/aromatic N) is 3. The number of ether oxygens (including phenoxy) is 1. The predicted molar refractivity (Wildman–Crippen MR) is 86.2 cm³/mol. The number of hydrogen-bond acceptors (Lipinski definition) is 7.